The number of carbonyl (C=O) groups is 1. The van der Waals surface area contributed by atoms with Crippen LogP contribution in [0.1, 0.15) is 34.6 Å². The molecule has 0 atom stereocenters. The van der Waals surface area contributed by atoms with Crippen LogP contribution >= 0.6 is 0 Å². The van der Waals surface area contributed by atoms with Crippen molar-refractivity contribution in [2.45, 2.75) is 40.7 Å². The molecule has 0 aliphatic carbocycles. The first-order valence-corrected chi connectivity index (χ1v) is 10.3. The molecule has 0 unspecified atom stereocenters. The molecule has 162 valence electrons. The van der Waals surface area contributed by atoms with Gasteiger partial charge in [0.2, 0.25) is 6.41 Å². The predicted octanol–water partition coefficient (Wildman–Crippen LogP) is 1.47. The van der Waals surface area contributed by atoms with Gasteiger partial charge in [-0.05, 0) is 19.8 Å². The molecule has 0 spiro atoms. The van der Waals surface area contributed by atoms with Gasteiger partial charge >= 0.3 is 0 Å². The van der Waals surface area contributed by atoms with Crippen molar-refractivity contribution in [2.75, 3.05) is 78.9 Å². The summed E-state index contributed by atoms with van der Waals surface area (Å²) in [5.74, 6) is 0.833. The van der Waals surface area contributed by atoms with Gasteiger partial charge in [-0.25, -0.2) is 0 Å². The van der Waals surface area contributed by atoms with Gasteiger partial charge in [0.05, 0.1) is 39.6 Å². The van der Waals surface area contributed by atoms with Crippen LogP contribution in [0.2, 0.25) is 0 Å². The van der Waals surface area contributed by atoms with Crippen LogP contribution in [0.25, 0.3) is 0 Å². The van der Waals surface area contributed by atoms with Gasteiger partial charge in [0.1, 0.15) is 0 Å². The minimum absolute atomic E-state index is 0.517. The lowest BCUT2D eigenvalue weighted by molar-refractivity contribution is -0.109. The highest BCUT2D eigenvalue weighted by molar-refractivity contribution is 5.45. The molecule has 27 heavy (non-hydrogen) atoms. The van der Waals surface area contributed by atoms with E-state index >= 15 is 0 Å². The van der Waals surface area contributed by atoms with Crippen molar-refractivity contribution in [1.29, 1.82) is 0 Å². The number of hydrogen-bond acceptors (Lipinski definition) is 6. The molecule has 0 aromatic rings. The van der Waals surface area contributed by atoms with Crippen LogP contribution in [0.3, 0.4) is 0 Å². The Morgan fingerprint density at radius 1 is 0.815 bits per heavy atom. The standard InChI is InChI=1S/C16H33N3O4.C4H10/c1-16(2)19-6-4-18(5-7-19)8-10-22-12-14-23-13-11-21-9-3-17-15-20;1-4(2)3/h15-16H,3-14H2,1-2H3,(H,17,20);4H,1-3H3. The van der Waals surface area contributed by atoms with Crippen LogP contribution in [0.15, 0.2) is 0 Å². The Balaban J connectivity index is 0.00000153. The summed E-state index contributed by atoms with van der Waals surface area (Å²) in [4.78, 5) is 15.0. The lowest BCUT2D eigenvalue weighted by Gasteiger charge is -2.36. The molecule has 7 nitrogen and oxygen atoms in total. The molecule has 0 aromatic heterocycles. The molecule has 0 aromatic carbocycles. The highest BCUT2D eigenvalue weighted by Crippen LogP contribution is 2.05. The number of carbonyl (C=O) groups excluding carboxylic acids is 1. The van der Waals surface area contributed by atoms with Crippen molar-refractivity contribution in [1.82, 2.24) is 15.1 Å². The molecule has 1 N–H and O–H groups in total. The van der Waals surface area contributed by atoms with Gasteiger partial charge in [0.15, 0.2) is 0 Å². The summed E-state index contributed by atoms with van der Waals surface area (Å²) >= 11 is 0. The maximum absolute atomic E-state index is 10.00. The first-order valence-electron chi connectivity index (χ1n) is 10.3. The van der Waals surface area contributed by atoms with E-state index in [0.717, 1.165) is 45.2 Å². The number of nitrogens with zero attached hydrogens (tertiary/aromatic N) is 2. The highest BCUT2D eigenvalue weighted by atomic mass is 16.5. The molecule has 7 heteroatoms. The number of ether oxygens (including phenoxy) is 3. The summed E-state index contributed by atoms with van der Waals surface area (Å²) in [7, 11) is 0. The van der Waals surface area contributed by atoms with Crippen molar-refractivity contribution in [2.24, 2.45) is 5.92 Å². The fourth-order valence-corrected chi connectivity index (χ4v) is 2.43. The number of nitrogens with one attached hydrogen (secondary N) is 1. The predicted molar refractivity (Wildman–Crippen MR) is 110 cm³/mol. The van der Waals surface area contributed by atoms with Gasteiger partial charge < -0.3 is 19.5 Å². The maximum atomic E-state index is 10.00. The van der Waals surface area contributed by atoms with Crippen molar-refractivity contribution >= 4 is 6.41 Å². The van der Waals surface area contributed by atoms with E-state index in [4.69, 9.17) is 14.2 Å². The second-order valence-electron chi connectivity index (χ2n) is 7.61. The van der Waals surface area contributed by atoms with E-state index < -0.39 is 0 Å². The zero-order valence-corrected chi connectivity index (χ0v) is 18.2. The summed E-state index contributed by atoms with van der Waals surface area (Å²) in [6, 6.07) is 0.649. The molecular weight excluding hydrogens is 346 g/mol. The van der Waals surface area contributed by atoms with Crippen LogP contribution < -0.4 is 5.32 Å². The maximum Gasteiger partial charge on any atom is 0.207 e. The van der Waals surface area contributed by atoms with Gasteiger partial charge in [-0.2, -0.15) is 0 Å². The Kier molecular flexibility index (Phi) is 18.1. The van der Waals surface area contributed by atoms with Gasteiger partial charge in [-0.15, -0.1) is 0 Å². The third-order valence-electron chi connectivity index (χ3n) is 3.91. The van der Waals surface area contributed by atoms with Gasteiger partial charge in [-0.1, -0.05) is 20.8 Å². The van der Waals surface area contributed by atoms with E-state index in [0.29, 0.717) is 52.0 Å². The van der Waals surface area contributed by atoms with Crippen LogP contribution in [0.5, 0.6) is 0 Å². The lowest BCUT2D eigenvalue weighted by atomic mass is 10.2. The van der Waals surface area contributed by atoms with Gasteiger partial charge in [0, 0.05) is 45.3 Å². The van der Waals surface area contributed by atoms with Gasteiger partial charge in [-0.3, -0.25) is 14.6 Å². The molecule has 1 aliphatic heterocycles. The quantitative estimate of drug-likeness (QED) is 0.359. The molecular formula is C20H43N3O4. The summed E-state index contributed by atoms with van der Waals surface area (Å²) in [5.41, 5.74) is 0. The smallest absolute Gasteiger partial charge is 0.207 e. The third kappa shape index (κ3) is 18.4. The van der Waals surface area contributed by atoms with Crippen molar-refractivity contribution in [3.05, 3.63) is 0 Å². The Bertz CT molecular complexity index is 320. The fraction of sp³-hybridized carbons (Fsp3) is 0.950. The lowest BCUT2D eigenvalue weighted by Crippen LogP contribution is -2.49. The summed E-state index contributed by atoms with van der Waals surface area (Å²) in [6.45, 7) is 20.7. The van der Waals surface area contributed by atoms with E-state index in [1.165, 1.54) is 0 Å². The van der Waals surface area contributed by atoms with E-state index in [1.54, 1.807) is 0 Å². The Morgan fingerprint density at radius 2 is 1.30 bits per heavy atom. The second-order valence-corrected chi connectivity index (χ2v) is 7.61. The largest absolute Gasteiger partial charge is 0.378 e. The van der Waals surface area contributed by atoms with Crippen LogP contribution in [-0.2, 0) is 19.0 Å². The highest BCUT2D eigenvalue weighted by Gasteiger charge is 2.17. The molecule has 1 heterocycles. The molecule has 1 rings (SSSR count). The zero-order valence-electron chi connectivity index (χ0n) is 18.2. The monoisotopic (exact) mass is 389 g/mol. The van der Waals surface area contributed by atoms with Crippen LogP contribution in [0.4, 0.5) is 0 Å². The van der Waals surface area contributed by atoms with Crippen LogP contribution in [-0.4, -0.2) is 101 Å². The topological polar surface area (TPSA) is 63.3 Å². The molecule has 1 fully saturated rings. The number of amides is 1. The molecule has 0 radical (unpaired) electrons. The average molecular weight is 390 g/mol. The average Bonchev–Trinajstić information content (AvgIpc) is 2.62. The summed E-state index contributed by atoms with van der Waals surface area (Å²) in [6.07, 6.45) is 0.668. The second kappa shape index (κ2) is 18.6. The van der Waals surface area contributed by atoms with E-state index in [9.17, 15) is 4.79 Å². The first kappa shape index (κ1) is 26.3. The minimum Gasteiger partial charge on any atom is -0.378 e. The number of hydrogen-bond donors (Lipinski definition) is 1. The number of piperazine rings is 1. The Morgan fingerprint density at radius 3 is 1.78 bits per heavy atom. The molecule has 0 bridgehead atoms. The van der Waals surface area contributed by atoms with Crippen molar-refractivity contribution in [3.63, 3.8) is 0 Å². The van der Waals surface area contributed by atoms with E-state index in [1.807, 2.05) is 0 Å². The number of rotatable bonds is 14. The Labute approximate surface area is 166 Å². The fourth-order valence-electron chi connectivity index (χ4n) is 2.43. The van der Waals surface area contributed by atoms with Gasteiger partial charge in [0.25, 0.3) is 0 Å². The van der Waals surface area contributed by atoms with Crippen molar-refractivity contribution in [3.8, 4) is 0 Å². The summed E-state index contributed by atoms with van der Waals surface area (Å²) in [5, 5.41) is 2.54. The summed E-state index contributed by atoms with van der Waals surface area (Å²) < 4.78 is 16.3. The van der Waals surface area contributed by atoms with E-state index in [-0.39, 0.29) is 0 Å². The normalized spacial score (nSPS) is 15.7. The molecule has 1 amide bonds. The zero-order chi connectivity index (χ0) is 20.3. The molecule has 1 saturated heterocycles. The first-order chi connectivity index (χ1) is 13.0. The molecule has 1 aliphatic rings. The Hall–Kier alpha value is -0.730. The minimum atomic E-state index is 0.517. The van der Waals surface area contributed by atoms with Crippen LogP contribution in [0, 0.1) is 5.92 Å². The third-order valence-corrected chi connectivity index (χ3v) is 3.91. The van der Waals surface area contributed by atoms with Crippen molar-refractivity contribution < 1.29 is 19.0 Å². The molecule has 0 saturated carbocycles. The SMILES string of the molecule is CC(C)C.CC(C)N1CCN(CCOCCOCCOCCNC=O)CC1. The van der Waals surface area contributed by atoms with E-state index in [2.05, 4.69) is 49.7 Å².